The van der Waals surface area contributed by atoms with Gasteiger partial charge >= 0.3 is 6.03 Å². The van der Waals surface area contributed by atoms with Crippen LogP contribution in [-0.4, -0.2) is 16.0 Å². The maximum absolute atomic E-state index is 12.0. The van der Waals surface area contributed by atoms with Gasteiger partial charge in [0.1, 0.15) is 12.1 Å². The number of carbonyl (C=O) groups is 1. The molecule has 1 aliphatic carbocycles. The monoisotopic (exact) mass is 314 g/mol. The number of fused-ring (bicyclic) bond motifs is 1. The van der Waals surface area contributed by atoms with Crippen molar-refractivity contribution in [1.29, 1.82) is 0 Å². The van der Waals surface area contributed by atoms with Crippen molar-refractivity contribution in [2.75, 3.05) is 5.32 Å². The van der Waals surface area contributed by atoms with Crippen LogP contribution in [0.4, 0.5) is 10.6 Å². The molecule has 2 heterocycles. The summed E-state index contributed by atoms with van der Waals surface area (Å²) in [5.41, 5.74) is 3.36. The molecule has 2 aromatic heterocycles. The molecule has 0 spiro atoms. The molecule has 0 saturated heterocycles. The summed E-state index contributed by atoms with van der Waals surface area (Å²) >= 11 is 0. The average Bonchev–Trinajstić information content (AvgIpc) is 3.13. The van der Waals surface area contributed by atoms with Crippen LogP contribution < -0.4 is 10.6 Å². The lowest BCUT2D eigenvalue weighted by Gasteiger charge is -2.13. The van der Waals surface area contributed by atoms with Crippen LogP contribution in [0.1, 0.15) is 49.9 Å². The molecule has 2 aromatic rings. The molecule has 6 nitrogen and oxygen atoms in total. The minimum absolute atomic E-state index is 0.0711. The molecule has 3 rings (SSSR count). The zero-order valence-electron chi connectivity index (χ0n) is 13.8. The van der Waals surface area contributed by atoms with Crippen molar-refractivity contribution in [2.45, 2.75) is 52.0 Å². The van der Waals surface area contributed by atoms with Gasteiger partial charge < -0.3 is 9.73 Å². The Labute approximate surface area is 135 Å². The number of hydrogen-bond acceptors (Lipinski definition) is 4. The standard InChI is InChI=1S/C17H22N4O2/c1-17(2,3)13-10-23-15(20-13)9-19-16(22)21-14-7-11-5-4-6-12(11)8-18-14/h7-8,10H,4-6,9H2,1-3H3,(H2,18,19,21,22). The summed E-state index contributed by atoms with van der Waals surface area (Å²) in [6.45, 7) is 6.43. The number of carbonyl (C=O) groups excluding carboxylic acids is 1. The third-order valence-corrected chi connectivity index (χ3v) is 3.94. The highest BCUT2D eigenvalue weighted by molar-refractivity contribution is 5.88. The summed E-state index contributed by atoms with van der Waals surface area (Å²) < 4.78 is 5.38. The highest BCUT2D eigenvalue weighted by Crippen LogP contribution is 2.23. The van der Waals surface area contributed by atoms with E-state index < -0.39 is 0 Å². The van der Waals surface area contributed by atoms with Crippen molar-refractivity contribution >= 4 is 11.8 Å². The predicted octanol–water partition coefficient (Wildman–Crippen LogP) is 3.18. The van der Waals surface area contributed by atoms with Crippen LogP contribution in [0.15, 0.2) is 22.9 Å². The van der Waals surface area contributed by atoms with Gasteiger partial charge in [-0.15, -0.1) is 0 Å². The Morgan fingerprint density at radius 3 is 2.83 bits per heavy atom. The molecule has 6 heteroatoms. The quantitative estimate of drug-likeness (QED) is 0.912. The van der Waals surface area contributed by atoms with Crippen LogP contribution in [0.25, 0.3) is 0 Å². The van der Waals surface area contributed by atoms with Crippen LogP contribution in [0.5, 0.6) is 0 Å². The first-order valence-electron chi connectivity index (χ1n) is 7.89. The second kappa shape index (κ2) is 6.02. The van der Waals surface area contributed by atoms with E-state index >= 15 is 0 Å². The third kappa shape index (κ3) is 3.70. The Balaban J connectivity index is 1.54. The van der Waals surface area contributed by atoms with E-state index in [1.165, 1.54) is 11.1 Å². The number of hydrogen-bond donors (Lipinski definition) is 2. The van der Waals surface area contributed by atoms with Gasteiger partial charge in [-0.3, -0.25) is 5.32 Å². The molecule has 0 atom stereocenters. The molecule has 0 radical (unpaired) electrons. The first-order valence-corrected chi connectivity index (χ1v) is 7.89. The number of rotatable bonds is 3. The molecule has 0 aliphatic heterocycles. The Kier molecular flexibility index (Phi) is 4.07. The number of nitrogens with zero attached hydrogens (tertiary/aromatic N) is 2. The maximum atomic E-state index is 12.0. The smallest absolute Gasteiger partial charge is 0.320 e. The SMILES string of the molecule is CC(C)(C)c1coc(CNC(=O)Nc2cc3c(cn2)CCC3)n1. The first kappa shape index (κ1) is 15.5. The lowest BCUT2D eigenvalue weighted by Crippen LogP contribution is -2.28. The third-order valence-electron chi connectivity index (χ3n) is 3.94. The molecule has 23 heavy (non-hydrogen) atoms. The largest absolute Gasteiger partial charge is 0.447 e. The molecule has 0 aromatic carbocycles. The van der Waals surface area contributed by atoms with Crippen molar-refractivity contribution in [3.63, 3.8) is 0 Å². The van der Waals surface area contributed by atoms with Crippen LogP contribution in [0.3, 0.4) is 0 Å². The molecule has 0 unspecified atom stereocenters. The summed E-state index contributed by atoms with van der Waals surface area (Å²) in [4.78, 5) is 20.6. The minimum Gasteiger partial charge on any atom is -0.447 e. The predicted molar refractivity (Wildman–Crippen MR) is 87.3 cm³/mol. The van der Waals surface area contributed by atoms with E-state index in [1.54, 1.807) is 6.26 Å². The average molecular weight is 314 g/mol. The van der Waals surface area contributed by atoms with Gasteiger partial charge in [0.15, 0.2) is 0 Å². The number of pyridine rings is 1. The lowest BCUT2D eigenvalue weighted by molar-refractivity contribution is 0.250. The lowest BCUT2D eigenvalue weighted by atomic mass is 9.93. The molecule has 2 N–H and O–H groups in total. The summed E-state index contributed by atoms with van der Waals surface area (Å²) in [6, 6.07) is 1.64. The Hall–Kier alpha value is -2.37. The van der Waals surface area contributed by atoms with Gasteiger partial charge in [-0.25, -0.2) is 14.8 Å². The van der Waals surface area contributed by atoms with Crippen LogP contribution in [-0.2, 0) is 24.8 Å². The topological polar surface area (TPSA) is 80.0 Å². The molecular formula is C17H22N4O2. The van der Waals surface area contributed by atoms with Gasteiger partial charge in [-0.05, 0) is 36.5 Å². The van der Waals surface area contributed by atoms with Crippen molar-refractivity contribution in [3.05, 3.63) is 41.2 Å². The number of nitrogens with one attached hydrogen (secondary N) is 2. The summed E-state index contributed by atoms with van der Waals surface area (Å²) in [5.74, 6) is 1.07. The highest BCUT2D eigenvalue weighted by atomic mass is 16.3. The molecule has 0 bridgehead atoms. The van der Waals surface area contributed by atoms with Crippen molar-refractivity contribution in [1.82, 2.24) is 15.3 Å². The fraction of sp³-hybridized carbons (Fsp3) is 0.471. The van der Waals surface area contributed by atoms with Gasteiger partial charge in [-0.2, -0.15) is 0 Å². The number of aryl methyl sites for hydroxylation is 2. The zero-order chi connectivity index (χ0) is 16.4. The highest BCUT2D eigenvalue weighted by Gasteiger charge is 2.19. The molecule has 122 valence electrons. The van der Waals surface area contributed by atoms with Crippen LogP contribution in [0.2, 0.25) is 0 Å². The van der Waals surface area contributed by atoms with E-state index in [1.807, 2.05) is 12.3 Å². The normalized spacial score (nSPS) is 13.7. The second-order valence-corrected chi connectivity index (χ2v) is 6.88. The molecule has 0 saturated carbocycles. The van der Waals surface area contributed by atoms with Crippen molar-refractivity contribution < 1.29 is 9.21 Å². The molecule has 2 amide bonds. The van der Waals surface area contributed by atoms with Gasteiger partial charge in [0.05, 0.1) is 12.2 Å². The summed E-state index contributed by atoms with van der Waals surface area (Å²) in [7, 11) is 0. The maximum Gasteiger partial charge on any atom is 0.320 e. The summed E-state index contributed by atoms with van der Waals surface area (Å²) in [6.07, 6.45) is 6.78. The number of amides is 2. The first-order chi connectivity index (χ1) is 10.9. The van der Waals surface area contributed by atoms with Crippen LogP contribution >= 0.6 is 0 Å². The van der Waals surface area contributed by atoms with E-state index in [4.69, 9.17) is 4.42 Å². The van der Waals surface area contributed by atoms with Crippen LogP contribution in [0, 0.1) is 0 Å². The van der Waals surface area contributed by atoms with Crippen molar-refractivity contribution in [3.8, 4) is 0 Å². The van der Waals surface area contributed by atoms with Gasteiger partial charge in [0, 0.05) is 11.6 Å². The molecular weight excluding hydrogens is 292 g/mol. The van der Waals surface area contributed by atoms with Gasteiger partial charge in [0.2, 0.25) is 5.89 Å². The number of aromatic nitrogens is 2. The minimum atomic E-state index is -0.314. The van der Waals surface area contributed by atoms with E-state index in [-0.39, 0.29) is 18.0 Å². The van der Waals surface area contributed by atoms with E-state index in [0.29, 0.717) is 11.7 Å². The zero-order valence-corrected chi connectivity index (χ0v) is 13.8. The number of oxazole rings is 1. The Morgan fingerprint density at radius 1 is 1.30 bits per heavy atom. The van der Waals surface area contributed by atoms with E-state index in [9.17, 15) is 4.79 Å². The number of anilines is 1. The number of urea groups is 1. The molecule has 0 fully saturated rings. The van der Waals surface area contributed by atoms with Crippen molar-refractivity contribution in [2.24, 2.45) is 0 Å². The fourth-order valence-corrected chi connectivity index (χ4v) is 2.57. The Bertz CT molecular complexity index is 716. The van der Waals surface area contributed by atoms with Gasteiger partial charge in [-0.1, -0.05) is 20.8 Å². The second-order valence-electron chi connectivity index (χ2n) is 6.88. The summed E-state index contributed by atoms with van der Waals surface area (Å²) in [5, 5.41) is 5.48. The Morgan fingerprint density at radius 2 is 2.09 bits per heavy atom. The van der Waals surface area contributed by atoms with Gasteiger partial charge in [0.25, 0.3) is 0 Å². The van der Waals surface area contributed by atoms with E-state index in [0.717, 1.165) is 25.0 Å². The fourth-order valence-electron chi connectivity index (χ4n) is 2.57. The molecule has 1 aliphatic rings. The van der Waals surface area contributed by atoms with E-state index in [2.05, 4.69) is 41.4 Å².